The molecule has 0 heterocycles. The quantitative estimate of drug-likeness (QED) is 0.478. The van der Waals surface area contributed by atoms with Crippen molar-refractivity contribution < 1.29 is 14.4 Å². The van der Waals surface area contributed by atoms with Crippen LogP contribution >= 0.6 is 11.6 Å². The van der Waals surface area contributed by atoms with Gasteiger partial charge in [0.2, 0.25) is 5.91 Å². The summed E-state index contributed by atoms with van der Waals surface area (Å²) in [7, 11) is 0. The minimum absolute atomic E-state index is 0.251. The fraction of sp³-hybridized carbons (Fsp3) is 0.375. The van der Waals surface area contributed by atoms with E-state index in [4.69, 9.17) is 11.6 Å². The highest BCUT2D eigenvalue weighted by Crippen LogP contribution is 2.31. The number of anilines is 1. The van der Waals surface area contributed by atoms with Crippen LogP contribution in [0.5, 0.6) is 0 Å². The van der Waals surface area contributed by atoms with Crippen LogP contribution in [-0.2, 0) is 11.3 Å². The lowest BCUT2D eigenvalue weighted by molar-refractivity contribution is -0.121. The number of benzene rings is 2. The summed E-state index contributed by atoms with van der Waals surface area (Å²) in [5.74, 6) is -0.539. The Bertz CT molecular complexity index is 959. The van der Waals surface area contributed by atoms with Gasteiger partial charge < -0.3 is 21.3 Å². The van der Waals surface area contributed by atoms with Crippen LogP contribution < -0.4 is 21.3 Å². The van der Waals surface area contributed by atoms with E-state index in [1.807, 2.05) is 37.3 Å². The number of carbonyl (C=O) groups is 3. The van der Waals surface area contributed by atoms with Gasteiger partial charge in [0.1, 0.15) is 5.54 Å². The first-order chi connectivity index (χ1) is 15.4. The van der Waals surface area contributed by atoms with Crippen molar-refractivity contribution in [2.24, 2.45) is 0 Å². The molecule has 0 atom stereocenters. The number of nitrogens with one attached hydrogen (secondary N) is 4. The van der Waals surface area contributed by atoms with Gasteiger partial charge in [0.05, 0.1) is 10.6 Å². The topological polar surface area (TPSA) is 99.3 Å². The summed E-state index contributed by atoms with van der Waals surface area (Å²) in [6.45, 7) is 2.91. The van der Waals surface area contributed by atoms with Gasteiger partial charge in [0, 0.05) is 18.8 Å². The van der Waals surface area contributed by atoms with Crippen molar-refractivity contribution in [1.82, 2.24) is 16.0 Å². The van der Waals surface area contributed by atoms with Crippen molar-refractivity contribution in [3.63, 3.8) is 0 Å². The number of carbonyl (C=O) groups excluding carboxylic acids is 3. The molecule has 2 aromatic carbocycles. The Morgan fingerprint density at radius 1 is 1.00 bits per heavy atom. The maximum Gasteiger partial charge on any atom is 0.315 e. The second-order valence-corrected chi connectivity index (χ2v) is 8.39. The molecule has 0 aliphatic heterocycles. The van der Waals surface area contributed by atoms with Crippen LogP contribution in [0.4, 0.5) is 10.5 Å². The minimum atomic E-state index is -0.982. The number of hydrogen-bond donors (Lipinski definition) is 4. The zero-order chi connectivity index (χ0) is 23.0. The van der Waals surface area contributed by atoms with Crippen LogP contribution in [0.25, 0.3) is 0 Å². The van der Waals surface area contributed by atoms with Gasteiger partial charge in [-0.1, -0.05) is 61.7 Å². The Kier molecular flexibility index (Phi) is 8.11. The number of rotatable bonds is 8. The average molecular weight is 457 g/mol. The van der Waals surface area contributed by atoms with Gasteiger partial charge in [0.25, 0.3) is 5.91 Å². The van der Waals surface area contributed by atoms with Crippen molar-refractivity contribution in [3.05, 3.63) is 64.7 Å². The molecule has 1 fully saturated rings. The summed E-state index contributed by atoms with van der Waals surface area (Å²) >= 11 is 6.27. The Morgan fingerprint density at radius 3 is 2.38 bits per heavy atom. The van der Waals surface area contributed by atoms with Crippen LogP contribution in [-0.4, -0.2) is 29.9 Å². The number of amides is 4. The Hall–Kier alpha value is -3.06. The average Bonchev–Trinajstić information content (AvgIpc) is 3.26. The molecular weight excluding hydrogens is 428 g/mol. The summed E-state index contributed by atoms with van der Waals surface area (Å²) < 4.78 is 0. The molecule has 170 valence electrons. The Morgan fingerprint density at radius 2 is 1.72 bits per heavy atom. The molecule has 0 saturated heterocycles. The van der Waals surface area contributed by atoms with Gasteiger partial charge in [0.15, 0.2) is 0 Å². The first-order valence-corrected chi connectivity index (χ1v) is 11.3. The van der Waals surface area contributed by atoms with Crippen molar-refractivity contribution >= 4 is 35.1 Å². The standard InChI is InChI=1S/C24H29ClN4O3/c1-2-14-26-21(30)19-11-10-18(15-20(19)25)28-22(31)24(12-6-7-13-24)29-23(32)27-16-17-8-4-3-5-9-17/h3-5,8-11,15H,2,6-7,12-14,16H2,1H3,(H,26,30)(H,28,31)(H2,27,29,32). The van der Waals surface area contributed by atoms with E-state index in [0.29, 0.717) is 37.2 Å². The van der Waals surface area contributed by atoms with E-state index >= 15 is 0 Å². The lowest BCUT2D eigenvalue weighted by atomic mass is 9.96. The molecule has 7 nitrogen and oxygen atoms in total. The van der Waals surface area contributed by atoms with E-state index in [9.17, 15) is 14.4 Å². The zero-order valence-corrected chi connectivity index (χ0v) is 18.9. The van der Waals surface area contributed by atoms with Crippen LogP contribution in [0.15, 0.2) is 48.5 Å². The van der Waals surface area contributed by atoms with Gasteiger partial charge in [-0.3, -0.25) is 9.59 Å². The third kappa shape index (κ3) is 6.01. The SMILES string of the molecule is CCCNC(=O)c1ccc(NC(=O)C2(NC(=O)NCc3ccccc3)CCCC2)cc1Cl. The van der Waals surface area contributed by atoms with Gasteiger partial charge in [-0.15, -0.1) is 0 Å². The summed E-state index contributed by atoms with van der Waals surface area (Å²) in [5, 5.41) is 11.6. The number of urea groups is 1. The van der Waals surface area contributed by atoms with Crippen LogP contribution in [0.1, 0.15) is 54.9 Å². The first-order valence-electron chi connectivity index (χ1n) is 10.9. The van der Waals surface area contributed by atoms with E-state index in [1.54, 1.807) is 18.2 Å². The molecule has 0 aromatic heterocycles. The molecule has 0 unspecified atom stereocenters. The van der Waals surface area contributed by atoms with Gasteiger partial charge in [-0.05, 0) is 43.0 Å². The van der Waals surface area contributed by atoms with Crippen molar-refractivity contribution in [3.8, 4) is 0 Å². The molecular formula is C24H29ClN4O3. The van der Waals surface area contributed by atoms with E-state index in [0.717, 1.165) is 24.8 Å². The molecule has 0 spiro atoms. The predicted molar refractivity (Wildman–Crippen MR) is 126 cm³/mol. The Balaban J connectivity index is 1.63. The highest BCUT2D eigenvalue weighted by atomic mass is 35.5. The molecule has 3 rings (SSSR count). The highest BCUT2D eigenvalue weighted by molar-refractivity contribution is 6.34. The van der Waals surface area contributed by atoms with Crippen molar-refractivity contribution in [2.45, 2.75) is 51.1 Å². The largest absolute Gasteiger partial charge is 0.352 e. The molecule has 0 radical (unpaired) electrons. The first kappa shape index (κ1) is 23.6. The predicted octanol–water partition coefficient (Wildman–Crippen LogP) is 4.23. The summed E-state index contributed by atoms with van der Waals surface area (Å²) in [6, 6.07) is 14.0. The summed E-state index contributed by atoms with van der Waals surface area (Å²) in [4.78, 5) is 37.8. The van der Waals surface area contributed by atoms with E-state index < -0.39 is 5.54 Å². The normalized spacial score (nSPS) is 14.4. The van der Waals surface area contributed by atoms with Crippen LogP contribution in [0.3, 0.4) is 0 Å². The summed E-state index contributed by atoms with van der Waals surface area (Å²) in [6.07, 6.45) is 3.64. The maximum absolute atomic E-state index is 13.1. The second-order valence-electron chi connectivity index (χ2n) is 7.99. The van der Waals surface area contributed by atoms with Crippen LogP contribution in [0.2, 0.25) is 5.02 Å². The van der Waals surface area contributed by atoms with Crippen molar-refractivity contribution in [1.29, 1.82) is 0 Å². The molecule has 8 heteroatoms. The van der Waals surface area contributed by atoms with Gasteiger partial charge in [-0.2, -0.15) is 0 Å². The zero-order valence-electron chi connectivity index (χ0n) is 18.2. The molecule has 2 aromatic rings. The Labute approximate surface area is 193 Å². The van der Waals surface area contributed by atoms with Gasteiger partial charge >= 0.3 is 6.03 Å². The third-order valence-electron chi connectivity index (χ3n) is 5.55. The maximum atomic E-state index is 13.1. The minimum Gasteiger partial charge on any atom is -0.352 e. The lowest BCUT2D eigenvalue weighted by Gasteiger charge is -2.29. The smallest absolute Gasteiger partial charge is 0.315 e. The molecule has 0 bridgehead atoms. The molecule has 1 saturated carbocycles. The highest BCUT2D eigenvalue weighted by Gasteiger charge is 2.42. The monoisotopic (exact) mass is 456 g/mol. The fourth-order valence-electron chi connectivity index (χ4n) is 3.79. The molecule has 4 amide bonds. The lowest BCUT2D eigenvalue weighted by Crippen LogP contribution is -2.57. The second kappa shape index (κ2) is 11.0. The molecule has 1 aliphatic rings. The van der Waals surface area contributed by atoms with E-state index in [2.05, 4.69) is 21.3 Å². The van der Waals surface area contributed by atoms with E-state index in [1.165, 1.54) is 0 Å². The number of hydrogen-bond acceptors (Lipinski definition) is 3. The summed E-state index contributed by atoms with van der Waals surface area (Å²) in [5.41, 5.74) is 0.826. The molecule has 4 N–H and O–H groups in total. The molecule has 32 heavy (non-hydrogen) atoms. The van der Waals surface area contributed by atoms with E-state index in [-0.39, 0.29) is 22.9 Å². The fourth-order valence-corrected chi connectivity index (χ4v) is 4.05. The van der Waals surface area contributed by atoms with Crippen molar-refractivity contribution in [2.75, 3.05) is 11.9 Å². The van der Waals surface area contributed by atoms with Crippen LogP contribution in [0, 0.1) is 0 Å². The molecule has 1 aliphatic carbocycles. The third-order valence-corrected chi connectivity index (χ3v) is 5.86. The number of halogens is 1. The van der Waals surface area contributed by atoms with Gasteiger partial charge in [-0.25, -0.2) is 4.79 Å².